The Morgan fingerprint density at radius 3 is 1.22 bits per heavy atom. The quantitative estimate of drug-likeness (QED) is 0.0178. The minimum Gasteiger partial charge on any atom is -0.461 e. The molecule has 20 nitrogen and oxygen atoms in total. The van der Waals surface area contributed by atoms with E-state index in [1.54, 1.807) is 20.2 Å². The number of amides is 5. The van der Waals surface area contributed by atoms with E-state index in [9.17, 15) is 45.9 Å². The number of anilines is 4. The lowest BCUT2D eigenvalue weighted by molar-refractivity contribution is -0.142. The monoisotopic (exact) mass is 1310 g/mol. The van der Waals surface area contributed by atoms with E-state index in [-0.39, 0.29) is 105 Å². The van der Waals surface area contributed by atoms with Gasteiger partial charge in [0.05, 0.1) is 44.5 Å². The highest BCUT2D eigenvalue weighted by molar-refractivity contribution is 6.07. The van der Waals surface area contributed by atoms with Gasteiger partial charge < -0.3 is 69.3 Å². The van der Waals surface area contributed by atoms with Gasteiger partial charge in [-0.05, 0) is 129 Å². The SMILES string of the molecule is CC(C)(C)NC(=O)c1cccc2c1ccn2CC(=CF)CN.CCNC(=O)N(C)c1ccc(NC/C(=C/F)CN)cc1.CCNC(=O)N(C)c1ccc(NC/C(=C\F)CN)cc1.NC/C(=C/F)COC(=O)Cc1ccccc1.NC/C(=C\F)COC(=O)Cc1ccccc1. The molecule has 5 amide bonds. The molecular weight excluding hydrogens is 1220 g/mol. The van der Waals surface area contributed by atoms with Crippen LogP contribution in [0.15, 0.2) is 199 Å². The number of carbonyl (C=O) groups is 5. The Hall–Kier alpha value is -9.66. The smallest absolute Gasteiger partial charge is 0.321 e. The van der Waals surface area contributed by atoms with Gasteiger partial charge in [0, 0.05) is 142 Å². The van der Waals surface area contributed by atoms with Crippen LogP contribution in [0.4, 0.5) is 54.3 Å². The molecule has 0 fully saturated rings. The first kappa shape index (κ1) is 80.4. The molecule has 15 N–H and O–H groups in total. The molecule has 6 rings (SSSR count). The molecule has 1 aromatic heterocycles. The Morgan fingerprint density at radius 1 is 0.500 bits per heavy atom. The van der Waals surface area contributed by atoms with Gasteiger partial charge in [-0.1, -0.05) is 66.7 Å². The van der Waals surface area contributed by atoms with E-state index in [1.807, 2.05) is 173 Å². The van der Waals surface area contributed by atoms with E-state index in [1.165, 1.54) is 9.80 Å². The number of hydrogen-bond donors (Lipinski definition) is 10. The molecule has 0 spiro atoms. The Morgan fingerprint density at radius 2 is 0.883 bits per heavy atom. The van der Waals surface area contributed by atoms with Gasteiger partial charge in [0.1, 0.15) is 13.2 Å². The molecule has 510 valence electrons. The molecule has 0 atom stereocenters. The number of rotatable bonds is 26. The molecule has 0 radical (unpaired) electrons. The van der Waals surface area contributed by atoms with E-state index in [0.29, 0.717) is 86.7 Å². The van der Waals surface area contributed by atoms with Gasteiger partial charge >= 0.3 is 24.0 Å². The lowest BCUT2D eigenvalue weighted by Gasteiger charge is -2.20. The third-order valence-electron chi connectivity index (χ3n) is 13.0. The molecular formula is C69H92F5N13O7. The molecule has 5 aromatic carbocycles. The Balaban J connectivity index is 0.000000402. The van der Waals surface area contributed by atoms with Gasteiger partial charge in [-0.2, -0.15) is 0 Å². The van der Waals surface area contributed by atoms with Crippen LogP contribution in [0.2, 0.25) is 0 Å². The number of ether oxygens (including phenoxy) is 2. The Labute approximate surface area is 548 Å². The molecule has 0 saturated carbocycles. The lowest BCUT2D eigenvalue weighted by Crippen LogP contribution is -2.40. The normalized spacial score (nSPS) is 11.5. The van der Waals surface area contributed by atoms with Crippen molar-refractivity contribution in [3.05, 3.63) is 216 Å². The predicted molar refractivity (Wildman–Crippen MR) is 367 cm³/mol. The molecule has 94 heavy (non-hydrogen) atoms. The number of halogens is 5. The topological polar surface area (TPSA) is 305 Å². The Bertz CT molecular complexity index is 3220. The summed E-state index contributed by atoms with van der Waals surface area (Å²) in [5.74, 6) is -0.895. The van der Waals surface area contributed by atoms with E-state index >= 15 is 0 Å². The summed E-state index contributed by atoms with van der Waals surface area (Å²) in [4.78, 5) is 61.4. The number of esters is 2. The van der Waals surface area contributed by atoms with Crippen molar-refractivity contribution in [3.63, 3.8) is 0 Å². The van der Waals surface area contributed by atoms with Gasteiger partial charge in [-0.15, -0.1) is 0 Å². The average molecular weight is 1310 g/mol. The number of benzene rings is 5. The van der Waals surface area contributed by atoms with Crippen LogP contribution in [0.5, 0.6) is 0 Å². The number of nitrogens with two attached hydrogens (primary N) is 5. The standard InChI is InChI=1S/C17H22FN3O.2C14H21FN4O.2C12H14FNO2/c1-17(2,3)20-16(22)14-5-4-6-15-13(14)7-8-21(15)11-12(9-18)10-19;2*1-3-17-14(20)19(2)13-6-4-12(5-7-13)18-10-11(8-15)9-16;2*13-7-11(8-14)9-16-12(15)6-10-4-2-1-3-5-10/h4-9H,10-11,19H2,1-3H3,(H,20,22);2*4-8,18H,3,9-10,16H2,1-2H3,(H,17,20);2*1-5,7H,6,8-9,14H2/b;11-8+;11-8-;11-7+;11-7-. The van der Waals surface area contributed by atoms with Gasteiger partial charge in [-0.3, -0.25) is 24.2 Å². The minimum absolute atomic E-state index is 0.0507. The van der Waals surface area contributed by atoms with Crippen molar-refractivity contribution in [2.45, 2.75) is 59.5 Å². The molecule has 1 heterocycles. The number of nitrogens with one attached hydrogen (secondary N) is 5. The highest BCUT2D eigenvalue weighted by atomic mass is 19.1. The minimum atomic E-state index is -0.390. The van der Waals surface area contributed by atoms with Crippen LogP contribution in [0, 0.1) is 0 Å². The maximum absolute atomic E-state index is 12.7. The predicted octanol–water partition coefficient (Wildman–Crippen LogP) is 10.3. The van der Waals surface area contributed by atoms with Crippen LogP contribution in [-0.2, 0) is 38.4 Å². The highest BCUT2D eigenvalue weighted by Gasteiger charge is 2.19. The second-order valence-corrected chi connectivity index (χ2v) is 21.5. The van der Waals surface area contributed by atoms with Crippen LogP contribution in [0.25, 0.3) is 10.9 Å². The van der Waals surface area contributed by atoms with Gasteiger partial charge in [-0.25, -0.2) is 31.5 Å². The van der Waals surface area contributed by atoms with Crippen molar-refractivity contribution in [2.75, 3.05) is 107 Å². The van der Waals surface area contributed by atoms with Gasteiger partial charge in [0.25, 0.3) is 5.91 Å². The van der Waals surface area contributed by atoms with Crippen LogP contribution >= 0.6 is 0 Å². The summed E-state index contributed by atoms with van der Waals surface area (Å²) >= 11 is 0. The summed E-state index contributed by atoms with van der Waals surface area (Å²) in [7, 11) is 3.40. The van der Waals surface area contributed by atoms with Crippen LogP contribution in [0.1, 0.15) is 56.1 Å². The van der Waals surface area contributed by atoms with Crippen LogP contribution < -0.4 is 65.1 Å². The average Bonchev–Trinajstić information content (AvgIpc) is 1.67. The number of fused-ring (bicyclic) bond motifs is 1. The fourth-order valence-corrected chi connectivity index (χ4v) is 7.69. The number of carbonyl (C=O) groups excluding carboxylic acids is 5. The zero-order valence-corrected chi connectivity index (χ0v) is 54.5. The number of urea groups is 2. The first-order valence-corrected chi connectivity index (χ1v) is 30.0. The largest absolute Gasteiger partial charge is 0.461 e. The van der Waals surface area contributed by atoms with E-state index in [2.05, 4.69) is 26.6 Å². The maximum Gasteiger partial charge on any atom is 0.321 e. The molecule has 6 aromatic rings. The summed E-state index contributed by atoms with van der Waals surface area (Å²) < 4.78 is 73.3. The first-order chi connectivity index (χ1) is 45.1. The molecule has 0 aliphatic rings. The van der Waals surface area contributed by atoms with Crippen LogP contribution in [0.3, 0.4) is 0 Å². The lowest BCUT2D eigenvalue weighted by atomic mass is 10.1. The molecule has 25 heteroatoms. The second-order valence-electron chi connectivity index (χ2n) is 21.5. The van der Waals surface area contributed by atoms with Gasteiger partial charge in [0.15, 0.2) is 0 Å². The van der Waals surface area contributed by atoms with Crippen molar-refractivity contribution in [2.24, 2.45) is 28.7 Å². The summed E-state index contributed by atoms with van der Waals surface area (Å²) in [6.45, 7) is 12.3. The highest BCUT2D eigenvalue weighted by Crippen LogP contribution is 2.23. The zero-order valence-electron chi connectivity index (χ0n) is 54.5. The van der Waals surface area contributed by atoms with Gasteiger partial charge in [0.2, 0.25) is 0 Å². The van der Waals surface area contributed by atoms with Crippen molar-refractivity contribution in [1.82, 2.24) is 20.5 Å². The summed E-state index contributed by atoms with van der Waals surface area (Å²) in [5, 5.41) is 15.4. The molecule has 0 unspecified atom stereocenters. The molecule has 0 aliphatic heterocycles. The third kappa shape index (κ3) is 31.1. The number of nitrogens with zero attached hydrogens (tertiary/aromatic N) is 3. The fraction of sp³-hybridized carbons (Fsp3) is 0.319. The molecule has 0 bridgehead atoms. The van der Waals surface area contributed by atoms with E-state index in [4.69, 9.17) is 38.1 Å². The summed E-state index contributed by atoms with van der Waals surface area (Å²) in [6, 6.07) is 40.1. The van der Waals surface area contributed by atoms with Crippen molar-refractivity contribution < 1.29 is 55.4 Å². The third-order valence-corrected chi connectivity index (χ3v) is 13.0. The first-order valence-electron chi connectivity index (χ1n) is 30.0. The maximum atomic E-state index is 12.7. The second kappa shape index (κ2) is 45.6. The summed E-state index contributed by atoms with van der Waals surface area (Å²) in [6.07, 6.45) is 4.54. The fourth-order valence-electron chi connectivity index (χ4n) is 7.69. The summed E-state index contributed by atoms with van der Waals surface area (Å²) in [5.41, 5.74) is 34.9. The number of hydrogen-bond acceptors (Lipinski definition) is 14. The van der Waals surface area contributed by atoms with Crippen LogP contribution in [-0.4, -0.2) is 126 Å². The number of aromatic nitrogens is 1. The van der Waals surface area contributed by atoms with E-state index in [0.717, 1.165) is 44.8 Å². The van der Waals surface area contributed by atoms with E-state index < -0.39 is 0 Å². The van der Waals surface area contributed by atoms with Crippen molar-refractivity contribution >= 4 is 63.6 Å². The molecule has 0 aliphatic carbocycles. The van der Waals surface area contributed by atoms with Crippen molar-refractivity contribution in [1.29, 1.82) is 0 Å². The van der Waals surface area contributed by atoms with Crippen molar-refractivity contribution in [3.8, 4) is 0 Å². The molecule has 0 saturated heterocycles. The zero-order chi connectivity index (χ0) is 69.8. The Kier molecular flexibility index (Phi) is 39.0.